The molecule has 0 aliphatic carbocycles. The summed E-state index contributed by atoms with van der Waals surface area (Å²) in [4.78, 5) is 11.3. The quantitative estimate of drug-likeness (QED) is 0.322. The monoisotopic (exact) mass is 248 g/mol. The van der Waals surface area contributed by atoms with E-state index in [1.165, 1.54) is 12.3 Å². The molecule has 0 amide bonds. The van der Waals surface area contributed by atoms with Gasteiger partial charge in [-0.25, -0.2) is 4.79 Å². The highest BCUT2D eigenvalue weighted by molar-refractivity contribution is 5.87. The zero-order valence-corrected chi connectivity index (χ0v) is 10.3. The molecule has 0 atom stereocenters. The first-order valence-corrected chi connectivity index (χ1v) is 5.47. The summed E-state index contributed by atoms with van der Waals surface area (Å²) in [5.41, 5.74) is 0.898. The van der Waals surface area contributed by atoms with E-state index in [9.17, 15) is 4.79 Å². The van der Waals surface area contributed by atoms with Crippen LogP contribution in [-0.4, -0.2) is 26.3 Å². The Kier molecular flexibility index (Phi) is 6.11. The van der Waals surface area contributed by atoms with Gasteiger partial charge < -0.3 is 14.2 Å². The van der Waals surface area contributed by atoms with Crippen molar-refractivity contribution in [3.05, 3.63) is 48.7 Å². The number of esters is 1. The second-order valence-corrected chi connectivity index (χ2v) is 3.31. The highest BCUT2D eigenvalue weighted by Gasteiger charge is 1.96. The lowest BCUT2D eigenvalue weighted by Crippen LogP contribution is -2.06. The van der Waals surface area contributed by atoms with Crippen LogP contribution in [0, 0.1) is 0 Å². The van der Waals surface area contributed by atoms with Crippen LogP contribution < -0.4 is 4.74 Å². The first-order chi connectivity index (χ1) is 8.76. The summed E-state index contributed by atoms with van der Waals surface area (Å²) in [6, 6.07) is 7.35. The van der Waals surface area contributed by atoms with E-state index in [1.807, 2.05) is 24.3 Å². The number of methoxy groups -OCH3 is 1. The van der Waals surface area contributed by atoms with E-state index >= 15 is 0 Å². The third kappa shape index (κ3) is 5.21. The zero-order valence-electron chi connectivity index (χ0n) is 10.3. The molecule has 1 aromatic rings. The fraction of sp³-hybridized carbons (Fsp3) is 0.214. The summed E-state index contributed by atoms with van der Waals surface area (Å²) in [7, 11) is 1.60. The van der Waals surface area contributed by atoms with E-state index in [2.05, 4.69) is 6.58 Å². The highest BCUT2D eigenvalue weighted by atomic mass is 16.6. The molecule has 0 N–H and O–H groups in total. The fourth-order valence-electron chi connectivity index (χ4n) is 1.20. The Bertz CT molecular complexity index is 406. The van der Waals surface area contributed by atoms with Crippen LogP contribution in [0.1, 0.15) is 5.56 Å². The molecule has 0 aliphatic rings. The number of benzene rings is 1. The summed E-state index contributed by atoms with van der Waals surface area (Å²) in [5, 5.41) is 0. The summed E-state index contributed by atoms with van der Waals surface area (Å²) in [5.74, 6) is 0.370. The molecule has 0 fully saturated rings. The fourth-order valence-corrected chi connectivity index (χ4v) is 1.20. The van der Waals surface area contributed by atoms with Crippen LogP contribution in [0.4, 0.5) is 0 Å². The van der Waals surface area contributed by atoms with Crippen LogP contribution in [0.2, 0.25) is 0 Å². The topological polar surface area (TPSA) is 44.8 Å². The molecule has 0 spiro atoms. The molecule has 4 heteroatoms. The van der Waals surface area contributed by atoms with E-state index in [0.717, 1.165) is 11.3 Å². The maximum absolute atomic E-state index is 11.3. The minimum absolute atomic E-state index is 0.206. The molecule has 1 aromatic carbocycles. The average molecular weight is 248 g/mol. The molecule has 0 saturated carbocycles. The Morgan fingerprint density at radius 3 is 2.61 bits per heavy atom. The van der Waals surface area contributed by atoms with Crippen molar-refractivity contribution in [1.82, 2.24) is 0 Å². The standard InChI is InChI=1S/C14H16O4/c1-3-17-10-11-18-14(15)9-6-12-4-7-13(16-2)8-5-12/h3-9H,1,10-11H2,2H3. The first kappa shape index (κ1) is 13.8. The SMILES string of the molecule is C=COCCOC(=O)C=Cc1ccc(OC)cc1. The molecular formula is C14H16O4. The number of hydrogen-bond donors (Lipinski definition) is 0. The molecule has 0 aromatic heterocycles. The minimum Gasteiger partial charge on any atom is -0.498 e. The Morgan fingerprint density at radius 2 is 2.00 bits per heavy atom. The van der Waals surface area contributed by atoms with Gasteiger partial charge in [0.2, 0.25) is 0 Å². The van der Waals surface area contributed by atoms with Gasteiger partial charge in [0.15, 0.2) is 0 Å². The van der Waals surface area contributed by atoms with Gasteiger partial charge in [-0.15, -0.1) is 0 Å². The maximum Gasteiger partial charge on any atom is 0.330 e. The Balaban J connectivity index is 2.37. The van der Waals surface area contributed by atoms with Crippen molar-refractivity contribution in [1.29, 1.82) is 0 Å². The average Bonchev–Trinajstić information content (AvgIpc) is 2.42. The lowest BCUT2D eigenvalue weighted by atomic mass is 10.2. The largest absolute Gasteiger partial charge is 0.498 e. The predicted molar refractivity (Wildman–Crippen MR) is 69.1 cm³/mol. The van der Waals surface area contributed by atoms with Crippen LogP contribution in [0.5, 0.6) is 5.75 Å². The second kappa shape index (κ2) is 7.95. The van der Waals surface area contributed by atoms with E-state index in [1.54, 1.807) is 13.2 Å². The van der Waals surface area contributed by atoms with Gasteiger partial charge in [-0.1, -0.05) is 18.7 Å². The van der Waals surface area contributed by atoms with Crippen LogP contribution in [-0.2, 0) is 14.3 Å². The van der Waals surface area contributed by atoms with Crippen molar-refractivity contribution >= 4 is 12.0 Å². The van der Waals surface area contributed by atoms with Crippen molar-refractivity contribution in [3.8, 4) is 5.75 Å². The van der Waals surface area contributed by atoms with Gasteiger partial charge >= 0.3 is 5.97 Å². The normalized spacial score (nSPS) is 10.1. The first-order valence-electron chi connectivity index (χ1n) is 5.47. The molecular weight excluding hydrogens is 232 g/mol. The van der Waals surface area contributed by atoms with Gasteiger partial charge in [0.1, 0.15) is 19.0 Å². The van der Waals surface area contributed by atoms with Crippen molar-refractivity contribution in [3.63, 3.8) is 0 Å². The number of carbonyl (C=O) groups excluding carboxylic acids is 1. The Hall–Kier alpha value is -2.23. The number of hydrogen-bond acceptors (Lipinski definition) is 4. The van der Waals surface area contributed by atoms with Crippen molar-refractivity contribution in [2.24, 2.45) is 0 Å². The van der Waals surface area contributed by atoms with Crippen molar-refractivity contribution < 1.29 is 19.0 Å². The Morgan fingerprint density at radius 1 is 1.28 bits per heavy atom. The van der Waals surface area contributed by atoms with Crippen LogP contribution in [0.15, 0.2) is 43.2 Å². The number of carbonyl (C=O) groups is 1. The van der Waals surface area contributed by atoms with Gasteiger partial charge in [0.05, 0.1) is 13.4 Å². The summed E-state index contributed by atoms with van der Waals surface area (Å²) < 4.78 is 14.7. The molecule has 18 heavy (non-hydrogen) atoms. The maximum atomic E-state index is 11.3. The summed E-state index contributed by atoms with van der Waals surface area (Å²) in [6.07, 6.45) is 4.35. The molecule has 0 bridgehead atoms. The lowest BCUT2D eigenvalue weighted by molar-refractivity contribution is -0.138. The van der Waals surface area contributed by atoms with E-state index in [4.69, 9.17) is 14.2 Å². The van der Waals surface area contributed by atoms with E-state index < -0.39 is 5.97 Å². The molecule has 0 heterocycles. The van der Waals surface area contributed by atoms with Crippen LogP contribution in [0.3, 0.4) is 0 Å². The van der Waals surface area contributed by atoms with Gasteiger partial charge in [0.25, 0.3) is 0 Å². The summed E-state index contributed by atoms with van der Waals surface area (Å²) in [6.45, 7) is 3.90. The van der Waals surface area contributed by atoms with Gasteiger partial charge in [-0.05, 0) is 23.8 Å². The molecule has 0 aliphatic heterocycles. The molecule has 0 saturated heterocycles. The Labute approximate surface area is 106 Å². The smallest absolute Gasteiger partial charge is 0.330 e. The molecule has 0 radical (unpaired) electrons. The lowest BCUT2D eigenvalue weighted by Gasteiger charge is -2.01. The van der Waals surface area contributed by atoms with E-state index in [0.29, 0.717) is 6.61 Å². The van der Waals surface area contributed by atoms with Crippen molar-refractivity contribution in [2.45, 2.75) is 0 Å². The molecule has 0 unspecified atom stereocenters. The molecule has 96 valence electrons. The molecule has 4 nitrogen and oxygen atoms in total. The highest BCUT2D eigenvalue weighted by Crippen LogP contribution is 2.12. The number of ether oxygens (including phenoxy) is 3. The summed E-state index contributed by atoms with van der Waals surface area (Å²) >= 11 is 0. The van der Waals surface area contributed by atoms with Gasteiger partial charge in [-0.2, -0.15) is 0 Å². The molecule has 1 rings (SSSR count). The van der Waals surface area contributed by atoms with Gasteiger partial charge in [0, 0.05) is 6.08 Å². The third-order valence-electron chi connectivity index (χ3n) is 2.09. The second-order valence-electron chi connectivity index (χ2n) is 3.31. The zero-order chi connectivity index (χ0) is 13.2. The van der Waals surface area contributed by atoms with Crippen molar-refractivity contribution in [2.75, 3.05) is 20.3 Å². The third-order valence-corrected chi connectivity index (χ3v) is 2.09. The predicted octanol–water partition coefficient (Wildman–Crippen LogP) is 2.41. The minimum atomic E-state index is -0.404. The van der Waals surface area contributed by atoms with Crippen LogP contribution in [0.25, 0.3) is 6.08 Å². The number of rotatable bonds is 7. The van der Waals surface area contributed by atoms with Gasteiger partial charge in [-0.3, -0.25) is 0 Å². The van der Waals surface area contributed by atoms with E-state index in [-0.39, 0.29) is 6.61 Å². The van der Waals surface area contributed by atoms with Crippen LogP contribution >= 0.6 is 0 Å².